The highest BCUT2D eigenvalue weighted by atomic mass is 32.1. The highest BCUT2D eigenvalue weighted by Gasteiger charge is 2.66. The number of aromatic nitrogens is 1. The molecule has 1 unspecified atom stereocenters. The van der Waals surface area contributed by atoms with Gasteiger partial charge >= 0.3 is 5.97 Å². The Morgan fingerprint density at radius 3 is 2.62 bits per heavy atom. The summed E-state index contributed by atoms with van der Waals surface area (Å²) in [5, 5.41) is 0.189. The number of carbonyl (C=O) groups is 3. The predicted octanol–water partition coefficient (Wildman–Crippen LogP) is 5.80. The monoisotopic (exact) mass is 621 g/mol. The molecule has 2 amide bonds. The maximum absolute atomic E-state index is 15.0. The summed E-state index contributed by atoms with van der Waals surface area (Å²) in [7, 11) is 0. The van der Waals surface area contributed by atoms with Crippen molar-refractivity contribution in [3.63, 3.8) is 0 Å². The molecule has 0 saturated heterocycles. The highest BCUT2D eigenvalue weighted by Crippen LogP contribution is 2.55. The predicted molar refractivity (Wildman–Crippen MR) is 166 cm³/mol. The molecule has 5 aromatic rings. The summed E-state index contributed by atoms with van der Waals surface area (Å²) in [5.41, 5.74) is -0.594. The van der Waals surface area contributed by atoms with E-state index in [2.05, 4.69) is 11.6 Å². The molecule has 9 nitrogen and oxygen atoms in total. The second kappa shape index (κ2) is 10.3. The number of rotatable bonds is 6. The molecule has 0 bridgehead atoms. The van der Waals surface area contributed by atoms with Gasteiger partial charge in [0.2, 0.25) is 5.76 Å². The number of anilines is 2. The molecular formula is C34H24FN3O6S. The molecule has 4 heterocycles. The number of hydrogen-bond acceptors (Lipinski definition) is 8. The lowest BCUT2D eigenvalue weighted by atomic mass is 9.84. The van der Waals surface area contributed by atoms with Crippen molar-refractivity contribution in [2.45, 2.75) is 25.9 Å². The third-order valence-electron chi connectivity index (χ3n) is 8.06. The first-order valence-corrected chi connectivity index (χ1v) is 14.8. The standard InChI is InChI=1S/C34H24FN3O6S/c1-4-15-43-31(41)29-19(3)36-33(45-29)38-30(40)28-26(27(39)21-16-18(2)13-14-25(21)44-28)34(38)22-10-6-8-12-24(22)37(32(34)42)17-20-9-5-7-11-23(20)35/h4-14,16H,1,15,17H2,2-3H3. The van der Waals surface area contributed by atoms with Crippen molar-refractivity contribution in [3.8, 4) is 0 Å². The number of fused-ring (bicyclic) bond motifs is 5. The van der Waals surface area contributed by atoms with Gasteiger partial charge in [0.15, 0.2) is 16.1 Å². The Balaban J connectivity index is 1.53. The summed E-state index contributed by atoms with van der Waals surface area (Å²) < 4.78 is 26.3. The van der Waals surface area contributed by atoms with Crippen LogP contribution in [-0.2, 0) is 21.6 Å². The van der Waals surface area contributed by atoms with Gasteiger partial charge in [-0.05, 0) is 38.1 Å². The van der Waals surface area contributed by atoms with Gasteiger partial charge in [-0.2, -0.15) is 0 Å². The zero-order chi connectivity index (χ0) is 31.6. The number of benzene rings is 3. The Hall–Kier alpha value is -5.42. The van der Waals surface area contributed by atoms with Crippen LogP contribution in [0.1, 0.15) is 48.2 Å². The lowest BCUT2D eigenvalue weighted by Gasteiger charge is -2.32. The van der Waals surface area contributed by atoms with E-state index in [0.29, 0.717) is 11.3 Å². The molecule has 0 aliphatic carbocycles. The van der Waals surface area contributed by atoms with Crippen LogP contribution in [-0.4, -0.2) is 29.4 Å². The lowest BCUT2D eigenvalue weighted by molar-refractivity contribution is -0.121. The third-order valence-corrected chi connectivity index (χ3v) is 9.18. The quantitative estimate of drug-likeness (QED) is 0.174. The van der Waals surface area contributed by atoms with E-state index < -0.39 is 34.6 Å². The Morgan fingerprint density at radius 2 is 1.84 bits per heavy atom. The molecule has 2 aliphatic rings. The Labute approximate surface area is 259 Å². The summed E-state index contributed by atoms with van der Waals surface area (Å²) in [6, 6.07) is 17.8. The number of esters is 1. The molecule has 45 heavy (non-hydrogen) atoms. The van der Waals surface area contributed by atoms with Crippen LogP contribution in [0.25, 0.3) is 11.0 Å². The van der Waals surface area contributed by atoms with Crippen molar-refractivity contribution in [2.75, 3.05) is 16.4 Å². The largest absolute Gasteiger partial charge is 0.457 e. The van der Waals surface area contributed by atoms with Gasteiger partial charge < -0.3 is 14.1 Å². The number of carbonyl (C=O) groups excluding carboxylic acids is 3. The number of para-hydroxylation sites is 1. The summed E-state index contributed by atoms with van der Waals surface area (Å²) in [5.74, 6) is -2.94. The van der Waals surface area contributed by atoms with E-state index in [1.807, 2.05) is 6.92 Å². The van der Waals surface area contributed by atoms with Crippen molar-refractivity contribution in [2.24, 2.45) is 0 Å². The van der Waals surface area contributed by atoms with E-state index >= 15 is 4.79 Å². The van der Waals surface area contributed by atoms with Gasteiger partial charge in [0, 0.05) is 11.1 Å². The molecule has 0 N–H and O–H groups in total. The first-order valence-electron chi connectivity index (χ1n) is 14.0. The van der Waals surface area contributed by atoms with Gasteiger partial charge in [-0.25, -0.2) is 14.2 Å². The van der Waals surface area contributed by atoms with E-state index in [1.165, 1.54) is 17.0 Å². The van der Waals surface area contributed by atoms with Gasteiger partial charge in [0.25, 0.3) is 11.8 Å². The van der Waals surface area contributed by atoms with E-state index in [9.17, 15) is 18.8 Å². The van der Waals surface area contributed by atoms with Crippen LogP contribution >= 0.6 is 11.3 Å². The van der Waals surface area contributed by atoms with Crippen molar-refractivity contribution < 1.29 is 27.9 Å². The molecule has 2 aromatic heterocycles. The molecule has 11 heteroatoms. The summed E-state index contributed by atoms with van der Waals surface area (Å²) >= 11 is 0.858. The maximum atomic E-state index is 15.0. The van der Waals surface area contributed by atoms with Gasteiger partial charge in [0.1, 0.15) is 22.9 Å². The van der Waals surface area contributed by atoms with Crippen LogP contribution in [0.5, 0.6) is 0 Å². The van der Waals surface area contributed by atoms with Crippen molar-refractivity contribution >= 4 is 50.9 Å². The van der Waals surface area contributed by atoms with E-state index in [4.69, 9.17) is 9.15 Å². The average molecular weight is 622 g/mol. The van der Waals surface area contributed by atoms with E-state index in [1.54, 1.807) is 67.6 Å². The molecule has 2 aliphatic heterocycles. The van der Waals surface area contributed by atoms with Crippen LogP contribution in [0.2, 0.25) is 0 Å². The topological polar surface area (TPSA) is 110 Å². The first kappa shape index (κ1) is 28.4. The molecule has 0 radical (unpaired) electrons. The SMILES string of the molecule is C=CCOC(=O)c1sc(N2C(=O)c3oc4ccc(C)cc4c(=O)c3C23C(=O)N(Cc2ccccc2F)c2ccccc23)nc1C. The fraction of sp³-hybridized carbons (Fsp3) is 0.147. The smallest absolute Gasteiger partial charge is 0.350 e. The van der Waals surface area contributed by atoms with Crippen LogP contribution < -0.4 is 15.2 Å². The number of aryl methyl sites for hydroxylation is 2. The second-order valence-electron chi connectivity index (χ2n) is 10.8. The fourth-order valence-corrected chi connectivity index (χ4v) is 7.11. The maximum Gasteiger partial charge on any atom is 0.350 e. The van der Waals surface area contributed by atoms with Crippen molar-refractivity contribution in [3.05, 3.63) is 134 Å². The molecular weight excluding hydrogens is 597 g/mol. The number of amides is 2. The number of thiazole rings is 1. The normalized spacial score (nSPS) is 16.9. The minimum atomic E-state index is -2.06. The Kier molecular flexibility index (Phi) is 6.52. The van der Waals surface area contributed by atoms with Crippen molar-refractivity contribution in [1.82, 2.24) is 4.98 Å². The third kappa shape index (κ3) is 4.00. The molecule has 1 atom stereocenters. The molecule has 0 saturated carbocycles. The average Bonchev–Trinajstić information content (AvgIpc) is 3.62. The zero-order valence-corrected chi connectivity index (χ0v) is 24.9. The summed E-state index contributed by atoms with van der Waals surface area (Å²) in [6.45, 7) is 6.75. The highest BCUT2D eigenvalue weighted by molar-refractivity contribution is 7.17. The number of halogens is 1. The number of hydrogen-bond donors (Lipinski definition) is 0. The number of ether oxygens (including phenoxy) is 1. The first-order chi connectivity index (χ1) is 21.7. The van der Waals surface area contributed by atoms with Crippen LogP contribution in [0.3, 0.4) is 0 Å². The minimum Gasteiger partial charge on any atom is -0.457 e. The van der Waals surface area contributed by atoms with E-state index in [0.717, 1.165) is 21.8 Å². The molecule has 3 aromatic carbocycles. The second-order valence-corrected chi connectivity index (χ2v) is 11.8. The molecule has 1 spiro atoms. The molecule has 0 fully saturated rings. The van der Waals surface area contributed by atoms with Crippen LogP contribution in [0.15, 0.2) is 88.6 Å². The van der Waals surface area contributed by atoms with Gasteiger partial charge in [-0.15, -0.1) is 0 Å². The van der Waals surface area contributed by atoms with Gasteiger partial charge in [0.05, 0.1) is 28.9 Å². The van der Waals surface area contributed by atoms with Gasteiger partial charge in [-0.3, -0.25) is 19.3 Å². The van der Waals surface area contributed by atoms with Gasteiger partial charge in [-0.1, -0.05) is 72.0 Å². The summed E-state index contributed by atoms with van der Waals surface area (Å²) in [6.07, 6.45) is 1.42. The Morgan fingerprint density at radius 1 is 1.09 bits per heavy atom. The minimum absolute atomic E-state index is 0.00927. The fourth-order valence-electron chi connectivity index (χ4n) is 6.10. The molecule has 7 rings (SSSR count). The van der Waals surface area contributed by atoms with Crippen LogP contribution in [0, 0.1) is 19.7 Å². The van der Waals surface area contributed by atoms with Crippen molar-refractivity contribution in [1.29, 1.82) is 0 Å². The Bertz CT molecular complexity index is 2170. The molecule has 224 valence electrons. The van der Waals surface area contributed by atoms with E-state index in [-0.39, 0.29) is 56.7 Å². The van der Waals surface area contributed by atoms with Crippen LogP contribution in [0.4, 0.5) is 15.2 Å². The lowest BCUT2D eigenvalue weighted by Crippen LogP contribution is -2.53. The summed E-state index contributed by atoms with van der Waals surface area (Å²) in [4.78, 5) is 64.0. The zero-order valence-electron chi connectivity index (χ0n) is 24.1. The number of nitrogens with zero attached hydrogens (tertiary/aromatic N) is 3.